The van der Waals surface area contributed by atoms with Crippen molar-refractivity contribution in [3.63, 3.8) is 0 Å². The molecule has 0 spiro atoms. The number of rotatable bonds is 3. The Morgan fingerprint density at radius 1 is 1.33 bits per heavy atom. The maximum atomic E-state index is 13.1. The first kappa shape index (κ1) is 12.0. The van der Waals surface area contributed by atoms with Gasteiger partial charge in [-0.2, -0.15) is 0 Å². The summed E-state index contributed by atoms with van der Waals surface area (Å²) in [6, 6.07) is 6.87. The summed E-state index contributed by atoms with van der Waals surface area (Å²) < 4.78 is 18.0. The lowest BCUT2D eigenvalue weighted by Crippen LogP contribution is -2.00. The standard InChI is InChI=1S/C13H10FNO3/c1-18-12-6-8(4-5-15-12)10-3-2-9(14)7-11(10)13(16)17/h2-7H,1H3,(H,16,17). The van der Waals surface area contributed by atoms with E-state index in [-0.39, 0.29) is 5.56 Å². The molecule has 92 valence electrons. The van der Waals surface area contributed by atoms with Crippen molar-refractivity contribution in [2.45, 2.75) is 0 Å². The number of methoxy groups -OCH3 is 1. The van der Waals surface area contributed by atoms with Gasteiger partial charge in [-0.15, -0.1) is 0 Å². The zero-order chi connectivity index (χ0) is 13.1. The molecule has 5 heteroatoms. The number of carboxylic acid groups (broad SMARTS) is 1. The summed E-state index contributed by atoms with van der Waals surface area (Å²) in [6.45, 7) is 0. The van der Waals surface area contributed by atoms with E-state index in [0.29, 0.717) is 17.0 Å². The number of carboxylic acids is 1. The van der Waals surface area contributed by atoms with Gasteiger partial charge in [-0.05, 0) is 29.3 Å². The Labute approximate surface area is 103 Å². The molecule has 0 aliphatic heterocycles. The van der Waals surface area contributed by atoms with Crippen LogP contribution in [0, 0.1) is 5.82 Å². The molecule has 0 aliphatic rings. The highest BCUT2D eigenvalue weighted by atomic mass is 19.1. The van der Waals surface area contributed by atoms with Crippen LogP contribution < -0.4 is 4.74 Å². The lowest BCUT2D eigenvalue weighted by atomic mass is 10.0. The van der Waals surface area contributed by atoms with Crippen LogP contribution in [-0.2, 0) is 0 Å². The van der Waals surface area contributed by atoms with Crippen LogP contribution in [0.2, 0.25) is 0 Å². The molecule has 0 radical (unpaired) electrons. The van der Waals surface area contributed by atoms with Gasteiger partial charge in [0, 0.05) is 12.3 Å². The molecule has 0 unspecified atom stereocenters. The van der Waals surface area contributed by atoms with Gasteiger partial charge in [0.15, 0.2) is 0 Å². The normalized spacial score (nSPS) is 10.1. The summed E-state index contributed by atoms with van der Waals surface area (Å²) in [5, 5.41) is 9.06. The average Bonchev–Trinajstić information content (AvgIpc) is 2.38. The zero-order valence-electron chi connectivity index (χ0n) is 9.55. The summed E-state index contributed by atoms with van der Waals surface area (Å²) in [5.41, 5.74) is 0.937. The zero-order valence-corrected chi connectivity index (χ0v) is 9.55. The van der Waals surface area contributed by atoms with Crippen molar-refractivity contribution in [3.05, 3.63) is 47.9 Å². The molecule has 0 saturated carbocycles. The Bertz CT molecular complexity index is 599. The average molecular weight is 247 g/mol. The van der Waals surface area contributed by atoms with E-state index in [9.17, 15) is 9.18 Å². The van der Waals surface area contributed by atoms with E-state index in [1.54, 1.807) is 12.1 Å². The van der Waals surface area contributed by atoms with E-state index < -0.39 is 11.8 Å². The van der Waals surface area contributed by atoms with Crippen LogP contribution >= 0.6 is 0 Å². The molecule has 1 N–H and O–H groups in total. The molecule has 4 nitrogen and oxygen atoms in total. The Balaban J connectivity index is 2.59. The largest absolute Gasteiger partial charge is 0.481 e. The van der Waals surface area contributed by atoms with Gasteiger partial charge in [-0.1, -0.05) is 6.07 Å². The lowest BCUT2D eigenvalue weighted by molar-refractivity contribution is 0.0697. The van der Waals surface area contributed by atoms with Gasteiger partial charge in [-0.3, -0.25) is 0 Å². The third-order valence-corrected chi connectivity index (χ3v) is 2.47. The number of benzene rings is 1. The molecular weight excluding hydrogens is 237 g/mol. The monoisotopic (exact) mass is 247 g/mol. The van der Waals surface area contributed by atoms with Gasteiger partial charge in [0.05, 0.1) is 12.7 Å². The number of nitrogens with zero attached hydrogens (tertiary/aromatic N) is 1. The molecule has 0 fully saturated rings. The second-order valence-corrected chi connectivity index (χ2v) is 3.58. The van der Waals surface area contributed by atoms with Crippen molar-refractivity contribution < 1.29 is 19.0 Å². The fraction of sp³-hybridized carbons (Fsp3) is 0.0769. The molecule has 0 bridgehead atoms. The van der Waals surface area contributed by atoms with E-state index in [1.165, 1.54) is 25.4 Å². The molecule has 1 aromatic carbocycles. The Morgan fingerprint density at radius 3 is 2.78 bits per heavy atom. The lowest BCUT2D eigenvalue weighted by Gasteiger charge is -2.07. The minimum atomic E-state index is -1.18. The summed E-state index contributed by atoms with van der Waals surface area (Å²) >= 11 is 0. The predicted octanol–water partition coefficient (Wildman–Crippen LogP) is 2.59. The van der Waals surface area contributed by atoms with Gasteiger partial charge >= 0.3 is 5.97 Å². The highest BCUT2D eigenvalue weighted by Crippen LogP contribution is 2.26. The van der Waals surface area contributed by atoms with Crippen molar-refractivity contribution in [3.8, 4) is 17.0 Å². The molecule has 0 amide bonds. The Morgan fingerprint density at radius 2 is 2.11 bits per heavy atom. The molecule has 1 aromatic heterocycles. The number of ether oxygens (including phenoxy) is 1. The Kier molecular flexibility index (Phi) is 3.23. The number of aromatic nitrogens is 1. The SMILES string of the molecule is COc1cc(-c2ccc(F)cc2C(=O)O)ccn1. The molecule has 18 heavy (non-hydrogen) atoms. The van der Waals surface area contributed by atoms with Gasteiger partial charge in [0.25, 0.3) is 0 Å². The van der Waals surface area contributed by atoms with Crippen molar-refractivity contribution >= 4 is 5.97 Å². The minimum absolute atomic E-state index is 0.0942. The molecule has 0 aliphatic carbocycles. The van der Waals surface area contributed by atoms with Crippen LogP contribution in [0.25, 0.3) is 11.1 Å². The maximum absolute atomic E-state index is 13.1. The number of pyridine rings is 1. The number of hydrogen-bond acceptors (Lipinski definition) is 3. The number of halogens is 1. The fourth-order valence-electron chi connectivity index (χ4n) is 1.63. The molecule has 0 saturated heterocycles. The van der Waals surface area contributed by atoms with Crippen molar-refractivity contribution in [1.29, 1.82) is 0 Å². The summed E-state index contributed by atoms with van der Waals surface area (Å²) in [7, 11) is 1.47. The predicted molar refractivity (Wildman–Crippen MR) is 63.1 cm³/mol. The highest BCUT2D eigenvalue weighted by molar-refractivity contribution is 5.96. The van der Waals surface area contributed by atoms with Gasteiger partial charge in [0.2, 0.25) is 5.88 Å². The summed E-state index contributed by atoms with van der Waals surface area (Å²) in [4.78, 5) is 15.0. The van der Waals surface area contributed by atoms with E-state index >= 15 is 0 Å². The van der Waals surface area contributed by atoms with Crippen LogP contribution in [-0.4, -0.2) is 23.2 Å². The van der Waals surface area contributed by atoms with Gasteiger partial charge in [-0.25, -0.2) is 14.2 Å². The van der Waals surface area contributed by atoms with Gasteiger partial charge < -0.3 is 9.84 Å². The first-order valence-corrected chi connectivity index (χ1v) is 5.15. The van der Waals surface area contributed by atoms with Crippen molar-refractivity contribution in [2.24, 2.45) is 0 Å². The molecule has 0 atom stereocenters. The van der Waals surface area contributed by atoms with E-state index in [0.717, 1.165) is 6.07 Å². The number of carbonyl (C=O) groups is 1. The second-order valence-electron chi connectivity index (χ2n) is 3.58. The van der Waals surface area contributed by atoms with Crippen LogP contribution in [0.4, 0.5) is 4.39 Å². The highest BCUT2D eigenvalue weighted by Gasteiger charge is 2.13. The maximum Gasteiger partial charge on any atom is 0.336 e. The second kappa shape index (κ2) is 4.83. The van der Waals surface area contributed by atoms with E-state index in [4.69, 9.17) is 9.84 Å². The van der Waals surface area contributed by atoms with Crippen LogP contribution in [0.15, 0.2) is 36.5 Å². The first-order valence-electron chi connectivity index (χ1n) is 5.15. The first-order chi connectivity index (χ1) is 8.61. The quantitative estimate of drug-likeness (QED) is 0.905. The van der Waals surface area contributed by atoms with Crippen LogP contribution in [0.3, 0.4) is 0 Å². The molecule has 2 aromatic rings. The number of hydrogen-bond donors (Lipinski definition) is 1. The topological polar surface area (TPSA) is 59.4 Å². The Hall–Kier alpha value is -2.43. The van der Waals surface area contributed by atoms with Crippen molar-refractivity contribution in [1.82, 2.24) is 4.98 Å². The molecule has 1 heterocycles. The minimum Gasteiger partial charge on any atom is -0.481 e. The van der Waals surface area contributed by atoms with Crippen LogP contribution in [0.1, 0.15) is 10.4 Å². The summed E-state index contributed by atoms with van der Waals surface area (Å²) in [5.74, 6) is -1.40. The van der Waals surface area contributed by atoms with Crippen molar-refractivity contribution in [2.75, 3.05) is 7.11 Å². The number of aromatic carboxylic acids is 1. The van der Waals surface area contributed by atoms with E-state index in [2.05, 4.69) is 4.98 Å². The van der Waals surface area contributed by atoms with Gasteiger partial charge in [0.1, 0.15) is 5.82 Å². The third-order valence-electron chi connectivity index (χ3n) is 2.47. The smallest absolute Gasteiger partial charge is 0.336 e. The third kappa shape index (κ3) is 2.29. The summed E-state index contributed by atoms with van der Waals surface area (Å²) in [6.07, 6.45) is 1.50. The molecular formula is C13H10FNO3. The van der Waals surface area contributed by atoms with E-state index in [1.807, 2.05) is 0 Å². The van der Waals surface area contributed by atoms with Crippen LogP contribution in [0.5, 0.6) is 5.88 Å². The fourth-order valence-corrected chi connectivity index (χ4v) is 1.63. The molecule has 2 rings (SSSR count).